The molecule has 0 bridgehead atoms. The van der Waals surface area contributed by atoms with Crippen LogP contribution in [0.4, 0.5) is 0 Å². The molecule has 3 amide bonds. The molecule has 3 heterocycles. The Morgan fingerprint density at radius 3 is 2.47 bits per heavy atom. The molecule has 4 aliphatic rings. The van der Waals surface area contributed by atoms with Crippen LogP contribution in [0.1, 0.15) is 63.1 Å². The van der Waals surface area contributed by atoms with Gasteiger partial charge >= 0.3 is 0 Å². The molecule has 1 spiro atoms. The predicted octanol–water partition coefficient (Wildman–Crippen LogP) is 1.93. The van der Waals surface area contributed by atoms with Crippen LogP contribution < -0.4 is 5.73 Å². The highest BCUT2D eigenvalue weighted by atomic mass is 16.3. The molecule has 3 N–H and O–H groups in total. The van der Waals surface area contributed by atoms with E-state index in [4.69, 9.17) is 5.73 Å². The summed E-state index contributed by atoms with van der Waals surface area (Å²) in [5.41, 5.74) is 10.2. The van der Waals surface area contributed by atoms with Crippen molar-refractivity contribution in [3.8, 4) is 0 Å². The highest BCUT2D eigenvalue weighted by Crippen LogP contribution is 2.52. The second-order valence-electron chi connectivity index (χ2n) is 11.6. The Balaban J connectivity index is 1.14. The number of aliphatic hydroxyl groups is 1. The summed E-state index contributed by atoms with van der Waals surface area (Å²) in [6, 6.07) is 14.0. The first kappa shape index (κ1) is 25.1. The number of carbonyl (C=O) groups is 3. The summed E-state index contributed by atoms with van der Waals surface area (Å²) in [5.74, 6) is -0.712. The number of piperidine rings is 1. The maximum Gasteiger partial charge on any atom is 0.254 e. The van der Waals surface area contributed by atoms with E-state index in [0.717, 1.165) is 37.9 Å². The van der Waals surface area contributed by atoms with E-state index in [1.54, 1.807) is 15.9 Å². The molecule has 1 aliphatic carbocycles. The van der Waals surface area contributed by atoms with Crippen LogP contribution in [0.5, 0.6) is 0 Å². The van der Waals surface area contributed by atoms with Crippen molar-refractivity contribution in [2.24, 2.45) is 11.7 Å². The summed E-state index contributed by atoms with van der Waals surface area (Å²) in [7, 11) is 0. The molecular weight excluding hydrogens is 480 g/mol. The number of aliphatic hydroxyl groups excluding tert-OH is 1. The van der Waals surface area contributed by atoms with Crippen LogP contribution in [-0.2, 0) is 23.2 Å². The molecule has 0 unspecified atom stereocenters. The lowest BCUT2D eigenvalue weighted by atomic mass is 9.85. The van der Waals surface area contributed by atoms with Crippen molar-refractivity contribution < 1.29 is 19.5 Å². The van der Waals surface area contributed by atoms with Crippen LogP contribution in [0.3, 0.4) is 0 Å². The smallest absolute Gasteiger partial charge is 0.254 e. The van der Waals surface area contributed by atoms with Crippen molar-refractivity contribution in [2.75, 3.05) is 39.3 Å². The van der Waals surface area contributed by atoms with Crippen molar-refractivity contribution in [1.82, 2.24) is 14.7 Å². The molecule has 1 saturated carbocycles. The maximum atomic E-state index is 13.6. The number of rotatable bonds is 6. The first-order chi connectivity index (χ1) is 18.3. The summed E-state index contributed by atoms with van der Waals surface area (Å²) in [6.45, 7) is 4.12. The predicted molar refractivity (Wildman–Crippen MR) is 143 cm³/mol. The summed E-state index contributed by atoms with van der Waals surface area (Å²) in [4.78, 5) is 44.2. The Bertz CT molecular complexity index is 1260. The first-order valence-corrected chi connectivity index (χ1v) is 13.8. The minimum absolute atomic E-state index is 0.0611. The van der Waals surface area contributed by atoms with Gasteiger partial charge in [0.1, 0.15) is 0 Å². The molecule has 2 aromatic carbocycles. The van der Waals surface area contributed by atoms with Gasteiger partial charge in [-0.2, -0.15) is 0 Å². The lowest BCUT2D eigenvalue weighted by molar-refractivity contribution is -0.123. The minimum Gasteiger partial charge on any atom is -0.390 e. The van der Waals surface area contributed by atoms with Crippen LogP contribution in [0.25, 0.3) is 0 Å². The van der Waals surface area contributed by atoms with E-state index in [9.17, 15) is 19.5 Å². The summed E-state index contributed by atoms with van der Waals surface area (Å²) < 4.78 is 0. The molecule has 6 rings (SSSR count). The lowest BCUT2D eigenvalue weighted by Crippen LogP contribution is -2.49. The van der Waals surface area contributed by atoms with Gasteiger partial charge in [-0.05, 0) is 60.9 Å². The number of β-amino-alcohol motifs (C(OH)–C–C–N with tert-alkyl or cyclic N) is 1. The topological polar surface area (TPSA) is 107 Å². The molecule has 200 valence electrons. The van der Waals surface area contributed by atoms with Crippen LogP contribution in [0, 0.1) is 5.92 Å². The number of benzene rings is 2. The van der Waals surface area contributed by atoms with E-state index in [0.29, 0.717) is 50.1 Å². The number of fused-ring (bicyclic) bond motifs is 3. The second-order valence-corrected chi connectivity index (χ2v) is 11.6. The Morgan fingerprint density at radius 2 is 1.76 bits per heavy atom. The fourth-order valence-electron chi connectivity index (χ4n) is 6.60. The summed E-state index contributed by atoms with van der Waals surface area (Å²) in [6.07, 6.45) is 3.50. The summed E-state index contributed by atoms with van der Waals surface area (Å²) in [5, 5.41) is 11.0. The van der Waals surface area contributed by atoms with Crippen LogP contribution in [-0.4, -0.2) is 82.9 Å². The highest BCUT2D eigenvalue weighted by molar-refractivity contribution is 6.02. The van der Waals surface area contributed by atoms with Gasteiger partial charge in [-0.1, -0.05) is 30.3 Å². The second kappa shape index (κ2) is 9.82. The van der Waals surface area contributed by atoms with Gasteiger partial charge in [0, 0.05) is 68.3 Å². The Labute approximate surface area is 223 Å². The van der Waals surface area contributed by atoms with Crippen molar-refractivity contribution in [3.05, 3.63) is 70.3 Å². The van der Waals surface area contributed by atoms with Crippen molar-refractivity contribution >= 4 is 17.7 Å². The molecule has 1 atom stereocenters. The highest BCUT2D eigenvalue weighted by Gasteiger charge is 2.51. The number of hydrogen-bond donors (Lipinski definition) is 2. The summed E-state index contributed by atoms with van der Waals surface area (Å²) >= 11 is 0. The fraction of sp³-hybridized carbons (Fsp3) is 0.500. The third-order valence-electron chi connectivity index (χ3n) is 9.00. The molecule has 0 radical (unpaired) electrons. The van der Waals surface area contributed by atoms with Crippen molar-refractivity contribution in [3.63, 3.8) is 0 Å². The number of carbonyl (C=O) groups excluding carboxylic acids is 3. The molecule has 0 aromatic heterocycles. The molecule has 1 saturated heterocycles. The van der Waals surface area contributed by atoms with Gasteiger partial charge in [-0.3, -0.25) is 19.3 Å². The van der Waals surface area contributed by atoms with E-state index in [-0.39, 0.29) is 35.6 Å². The zero-order valence-corrected chi connectivity index (χ0v) is 21.8. The van der Waals surface area contributed by atoms with Gasteiger partial charge in [0.15, 0.2) is 0 Å². The van der Waals surface area contributed by atoms with Crippen molar-refractivity contribution in [1.29, 1.82) is 0 Å². The Morgan fingerprint density at radius 1 is 1.03 bits per heavy atom. The quantitative estimate of drug-likeness (QED) is 0.610. The van der Waals surface area contributed by atoms with Gasteiger partial charge in [-0.15, -0.1) is 0 Å². The van der Waals surface area contributed by atoms with Gasteiger partial charge in [-0.25, -0.2) is 0 Å². The number of amides is 3. The maximum absolute atomic E-state index is 13.6. The van der Waals surface area contributed by atoms with Gasteiger partial charge in [0.05, 0.1) is 6.10 Å². The molecule has 2 aromatic rings. The van der Waals surface area contributed by atoms with Gasteiger partial charge in [0.25, 0.3) is 11.8 Å². The Kier molecular flexibility index (Phi) is 6.48. The van der Waals surface area contributed by atoms with E-state index >= 15 is 0 Å². The normalized spacial score (nSPS) is 21.7. The van der Waals surface area contributed by atoms with Gasteiger partial charge < -0.3 is 20.6 Å². The first-order valence-electron chi connectivity index (χ1n) is 13.8. The third kappa shape index (κ3) is 4.71. The van der Waals surface area contributed by atoms with E-state index in [1.807, 2.05) is 12.1 Å². The number of primary amides is 1. The third-order valence-corrected chi connectivity index (χ3v) is 9.00. The lowest BCUT2D eigenvalue weighted by Gasteiger charge is -2.37. The number of likely N-dealkylation sites (tertiary alicyclic amines) is 1. The number of nitrogens with two attached hydrogens (primary N) is 1. The Hall–Kier alpha value is -3.23. The molecule has 2 fully saturated rings. The van der Waals surface area contributed by atoms with E-state index < -0.39 is 6.10 Å². The zero-order valence-electron chi connectivity index (χ0n) is 21.8. The molecular formula is C30H36N4O4. The molecule has 3 aliphatic heterocycles. The molecule has 8 heteroatoms. The van der Waals surface area contributed by atoms with Crippen LogP contribution in [0.15, 0.2) is 42.5 Å². The standard InChI is InChI=1S/C30H36N4O4/c31-27(36)21-8-13-33(14-9-21)28(37)22-5-6-26-25(15-22)29(38)34(19-30(26)10-11-30)18-24(35)17-32-12-7-20-3-1-2-4-23(20)16-32/h1-6,15,21,24,35H,7-14,16-19H2,(H2,31,36)/t24-/m1/s1. The largest absolute Gasteiger partial charge is 0.390 e. The number of hydrogen-bond acceptors (Lipinski definition) is 5. The average molecular weight is 517 g/mol. The monoisotopic (exact) mass is 516 g/mol. The van der Waals surface area contributed by atoms with E-state index in [1.165, 1.54) is 11.1 Å². The molecule has 8 nitrogen and oxygen atoms in total. The fourth-order valence-corrected chi connectivity index (χ4v) is 6.60. The van der Waals surface area contributed by atoms with Crippen LogP contribution >= 0.6 is 0 Å². The van der Waals surface area contributed by atoms with Gasteiger partial charge in [0.2, 0.25) is 5.91 Å². The average Bonchev–Trinajstić information content (AvgIpc) is 3.71. The SMILES string of the molecule is NC(=O)C1CCN(C(=O)c2ccc3c(c2)C(=O)N(C[C@H](O)CN2CCc4ccccc4C2)CC32CC2)CC1. The van der Waals surface area contributed by atoms with Crippen LogP contribution in [0.2, 0.25) is 0 Å². The van der Waals surface area contributed by atoms with E-state index in [2.05, 4.69) is 29.2 Å². The minimum atomic E-state index is -0.641. The number of nitrogens with zero attached hydrogens (tertiary/aromatic N) is 3. The zero-order chi connectivity index (χ0) is 26.4. The molecule has 38 heavy (non-hydrogen) atoms. The van der Waals surface area contributed by atoms with Crippen molar-refractivity contribution in [2.45, 2.75) is 50.2 Å².